The molecule has 0 aliphatic carbocycles. The van der Waals surface area contributed by atoms with Gasteiger partial charge < -0.3 is 20.4 Å². The van der Waals surface area contributed by atoms with Gasteiger partial charge >= 0.3 is 0 Å². The van der Waals surface area contributed by atoms with Gasteiger partial charge in [0, 0.05) is 25.3 Å². The molecular formula is C21H36IN5O. The van der Waals surface area contributed by atoms with E-state index in [1.807, 2.05) is 37.2 Å². The predicted molar refractivity (Wildman–Crippen MR) is 128 cm³/mol. The van der Waals surface area contributed by atoms with Gasteiger partial charge in [0.15, 0.2) is 5.96 Å². The van der Waals surface area contributed by atoms with E-state index in [4.69, 9.17) is 4.99 Å². The second-order valence-electron chi connectivity index (χ2n) is 8.01. The van der Waals surface area contributed by atoms with Gasteiger partial charge in [0.05, 0.1) is 13.1 Å². The number of rotatable bonds is 6. The van der Waals surface area contributed by atoms with Crippen molar-refractivity contribution >= 4 is 41.5 Å². The second kappa shape index (κ2) is 12.3. The van der Waals surface area contributed by atoms with Crippen LogP contribution in [0.3, 0.4) is 0 Å². The number of benzene rings is 1. The molecule has 1 heterocycles. The predicted octanol–water partition coefficient (Wildman–Crippen LogP) is 3.25. The summed E-state index contributed by atoms with van der Waals surface area (Å²) in [6.07, 6.45) is 1.28. The van der Waals surface area contributed by atoms with Crippen LogP contribution in [-0.4, -0.2) is 61.9 Å². The number of carbonyl (C=O) groups is 1. The van der Waals surface area contributed by atoms with Gasteiger partial charge in [-0.2, -0.15) is 0 Å². The van der Waals surface area contributed by atoms with Crippen molar-refractivity contribution in [2.24, 2.45) is 16.8 Å². The summed E-state index contributed by atoms with van der Waals surface area (Å²) >= 11 is 0. The third kappa shape index (κ3) is 8.34. The van der Waals surface area contributed by atoms with Crippen molar-refractivity contribution in [3.63, 3.8) is 0 Å². The largest absolute Gasteiger partial charge is 0.357 e. The number of likely N-dealkylation sites (tertiary alicyclic amines) is 1. The minimum Gasteiger partial charge on any atom is -0.357 e. The van der Waals surface area contributed by atoms with E-state index in [1.165, 1.54) is 6.42 Å². The van der Waals surface area contributed by atoms with Crippen molar-refractivity contribution in [1.82, 2.24) is 15.1 Å². The fourth-order valence-corrected chi connectivity index (χ4v) is 3.66. The van der Waals surface area contributed by atoms with E-state index in [0.717, 1.165) is 36.8 Å². The summed E-state index contributed by atoms with van der Waals surface area (Å²) in [6.45, 7) is 10.7. The standard InChI is InChI=1S/C21H35N5O.HI/c1-6-22-21(26-13-16(2)10-17(3)14-26)23-12-18-8-7-9-19(11-18)24-20(27)15-25(4)5;/h7-9,11,16-17H,6,10,12-15H2,1-5H3,(H,22,23)(H,24,27);1H. The number of halogens is 1. The Bertz CT molecular complexity index is 639. The molecule has 2 atom stereocenters. The topological polar surface area (TPSA) is 60.0 Å². The van der Waals surface area contributed by atoms with E-state index in [2.05, 4.69) is 42.4 Å². The number of guanidine groups is 1. The van der Waals surface area contributed by atoms with Crippen molar-refractivity contribution in [2.75, 3.05) is 45.6 Å². The second-order valence-corrected chi connectivity index (χ2v) is 8.01. The molecular weight excluding hydrogens is 465 g/mol. The van der Waals surface area contributed by atoms with E-state index < -0.39 is 0 Å². The average molecular weight is 501 g/mol. The molecule has 2 rings (SSSR count). The van der Waals surface area contributed by atoms with Crippen molar-refractivity contribution in [3.8, 4) is 0 Å². The van der Waals surface area contributed by atoms with Gasteiger partial charge in [-0.3, -0.25) is 4.79 Å². The highest BCUT2D eigenvalue weighted by Gasteiger charge is 2.23. The van der Waals surface area contributed by atoms with Crippen LogP contribution in [0.5, 0.6) is 0 Å². The van der Waals surface area contributed by atoms with Gasteiger partial charge in [0.2, 0.25) is 5.91 Å². The molecule has 1 aliphatic rings. The monoisotopic (exact) mass is 501 g/mol. The number of amides is 1. The molecule has 1 aliphatic heterocycles. The lowest BCUT2D eigenvalue weighted by Gasteiger charge is -2.37. The molecule has 1 aromatic carbocycles. The van der Waals surface area contributed by atoms with Crippen LogP contribution >= 0.6 is 24.0 Å². The molecule has 0 spiro atoms. The van der Waals surface area contributed by atoms with E-state index in [9.17, 15) is 4.79 Å². The molecule has 2 unspecified atom stereocenters. The molecule has 1 saturated heterocycles. The molecule has 6 nitrogen and oxygen atoms in total. The van der Waals surface area contributed by atoms with Crippen LogP contribution in [0.25, 0.3) is 0 Å². The first-order chi connectivity index (χ1) is 12.9. The highest BCUT2D eigenvalue weighted by molar-refractivity contribution is 14.0. The number of carbonyl (C=O) groups excluding carboxylic acids is 1. The van der Waals surface area contributed by atoms with E-state index in [0.29, 0.717) is 24.9 Å². The summed E-state index contributed by atoms with van der Waals surface area (Å²) in [4.78, 5) is 21.0. The normalized spacial score (nSPS) is 19.9. The Labute approximate surface area is 187 Å². The van der Waals surface area contributed by atoms with E-state index in [-0.39, 0.29) is 29.9 Å². The highest BCUT2D eigenvalue weighted by atomic mass is 127. The number of nitrogens with one attached hydrogen (secondary N) is 2. The SMILES string of the molecule is CCNC(=NCc1cccc(NC(=O)CN(C)C)c1)N1CC(C)CC(C)C1.I. The smallest absolute Gasteiger partial charge is 0.238 e. The van der Waals surface area contributed by atoms with E-state index >= 15 is 0 Å². The van der Waals surface area contributed by atoms with Crippen LogP contribution < -0.4 is 10.6 Å². The molecule has 0 aromatic heterocycles. The lowest BCUT2D eigenvalue weighted by atomic mass is 9.92. The minimum absolute atomic E-state index is 0. The molecule has 28 heavy (non-hydrogen) atoms. The lowest BCUT2D eigenvalue weighted by molar-refractivity contribution is -0.116. The maximum atomic E-state index is 12.0. The number of anilines is 1. The molecule has 0 saturated carbocycles. The fourth-order valence-electron chi connectivity index (χ4n) is 3.66. The lowest BCUT2D eigenvalue weighted by Crippen LogP contribution is -2.48. The molecule has 1 fully saturated rings. The van der Waals surface area contributed by atoms with Crippen molar-refractivity contribution < 1.29 is 4.79 Å². The zero-order valence-electron chi connectivity index (χ0n) is 17.9. The summed E-state index contributed by atoms with van der Waals surface area (Å²) in [5.74, 6) is 2.35. The Hall–Kier alpha value is -1.35. The molecule has 2 N–H and O–H groups in total. The van der Waals surface area contributed by atoms with Crippen LogP contribution in [0.4, 0.5) is 5.69 Å². The first-order valence-electron chi connectivity index (χ1n) is 9.94. The maximum absolute atomic E-state index is 12.0. The first-order valence-corrected chi connectivity index (χ1v) is 9.94. The molecule has 1 aromatic rings. The van der Waals surface area contributed by atoms with Crippen LogP contribution in [0.2, 0.25) is 0 Å². The van der Waals surface area contributed by atoms with Gasteiger partial charge in [-0.1, -0.05) is 26.0 Å². The summed E-state index contributed by atoms with van der Waals surface area (Å²) < 4.78 is 0. The molecule has 7 heteroatoms. The molecule has 0 radical (unpaired) electrons. The van der Waals surface area contributed by atoms with E-state index in [1.54, 1.807) is 0 Å². The van der Waals surface area contributed by atoms with Gasteiger partial charge in [0.1, 0.15) is 0 Å². The van der Waals surface area contributed by atoms with Crippen LogP contribution in [0.1, 0.15) is 32.8 Å². The molecule has 0 bridgehead atoms. The van der Waals surface area contributed by atoms with Crippen LogP contribution in [0.15, 0.2) is 29.3 Å². The van der Waals surface area contributed by atoms with Crippen molar-refractivity contribution in [2.45, 2.75) is 33.7 Å². The Morgan fingerprint density at radius 1 is 1.25 bits per heavy atom. The number of hydrogen-bond donors (Lipinski definition) is 2. The number of piperidine rings is 1. The zero-order valence-corrected chi connectivity index (χ0v) is 20.2. The van der Waals surface area contributed by atoms with Gasteiger partial charge in [-0.05, 0) is 57.0 Å². The van der Waals surface area contributed by atoms with Crippen molar-refractivity contribution in [3.05, 3.63) is 29.8 Å². The Morgan fingerprint density at radius 3 is 2.54 bits per heavy atom. The molecule has 158 valence electrons. The quantitative estimate of drug-likeness (QED) is 0.357. The third-order valence-corrected chi connectivity index (χ3v) is 4.59. The summed E-state index contributed by atoms with van der Waals surface area (Å²) in [7, 11) is 3.77. The first kappa shape index (κ1) is 24.7. The number of aliphatic imine (C=N–C) groups is 1. The number of hydrogen-bond acceptors (Lipinski definition) is 3. The average Bonchev–Trinajstić information content (AvgIpc) is 2.57. The Kier molecular flexibility index (Phi) is 10.8. The molecule has 1 amide bonds. The third-order valence-electron chi connectivity index (χ3n) is 4.59. The van der Waals surface area contributed by atoms with Crippen molar-refractivity contribution in [1.29, 1.82) is 0 Å². The van der Waals surface area contributed by atoms with Gasteiger partial charge in [0.25, 0.3) is 0 Å². The highest BCUT2D eigenvalue weighted by Crippen LogP contribution is 2.21. The number of likely N-dealkylation sites (N-methyl/N-ethyl adjacent to an activating group) is 1. The summed E-state index contributed by atoms with van der Waals surface area (Å²) in [6, 6.07) is 7.94. The number of nitrogens with zero attached hydrogens (tertiary/aromatic N) is 3. The Morgan fingerprint density at radius 2 is 1.93 bits per heavy atom. The summed E-state index contributed by atoms with van der Waals surface area (Å²) in [5.41, 5.74) is 1.91. The van der Waals surface area contributed by atoms with Crippen LogP contribution in [0, 0.1) is 11.8 Å². The van der Waals surface area contributed by atoms with Crippen LogP contribution in [-0.2, 0) is 11.3 Å². The Balaban J connectivity index is 0.00000392. The zero-order chi connectivity index (χ0) is 19.8. The maximum Gasteiger partial charge on any atom is 0.238 e. The summed E-state index contributed by atoms with van der Waals surface area (Å²) in [5, 5.41) is 6.38. The fraction of sp³-hybridized carbons (Fsp3) is 0.619. The van der Waals surface area contributed by atoms with Gasteiger partial charge in [-0.15, -0.1) is 24.0 Å². The van der Waals surface area contributed by atoms with Gasteiger partial charge in [-0.25, -0.2) is 4.99 Å². The minimum atomic E-state index is -0.00900.